The quantitative estimate of drug-likeness (QED) is 0.684. The molecule has 0 saturated carbocycles. The van der Waals surface area contributed by atoms with Gasteiger partial charge in [-0.15, -0.1) is 0 Å². The summed E-state index contributed by atoms with van der Waals surface area (Å²) in [6.07, 6.45) is 0. The minimum atomic E-state index is -4.08. The molecular formula is C10H14F2N2O3S. The molecule has 1 aromatic carbocycles. The zero-order valence-corrected chi connectivity index (χ0v) is 10.5. The third-order valence-electron chi connectivity index (χ3n) is 2.25. The van der Waals surface area contributed by atoms with E-state index in [9.17, 15) is 17.2 Å². The molecule has 0 radical (unpaired) electrons. The number of sulfonamides is 1. The van der Waals surface area contributed by atoms with Crippen LogP contribution in [0.15, 0.2) is 23.1 Å². The van der Waals surface area contributed by atoms with Gasteiger partial charge in [0, 0.05) is 5.69 Å². The van der Waals surface area contributed by atoms with E-state index in [4.69, 9.17) is 10.8 Å². The SMILES string of the molecule is Cc1ccc(N)cc1S(=O)(=O)NCC(F)(F)CO. The van der Waals surface area contributed by atoms with E-state index in [0.29, 0.717) is 5.56 Å². The number of aliphatic hydroxyl groups excluding tert-OH is 1. The molecule has 0 aliphatic heterocycles. The number of aryl methyl sites for hydroxylation is 1. The largest absolute Gasteiger partial charge is 0.399 e. The zero-order chi connectivity index (χ0) is 14.0. The van der Waals surface area contributed by atoms with Crippen molar-refractivity contribution in [3.63, 3.8) is 0 Å². The van der Waals surface area contributed by atoms with Gasteiger partial charge in [0.05, 0.1) is 11.4 Å². The summed E-state index contributed by atoms with van der Waals surface area (Å²) in [5.74, 6) is -3.50. The molecule has 102 valence electrons. The fourth-order valence-corrected chi connectivity index (χ4v) is 2.58. The summed E-state index contributed by atoms with van der Waals surface area (Å²) in [7, 11) is -4.08. The number of rotatable bonds is 5. The maximum Gasteiger partial charge on any atom is 0.283 e. The molecule has 8 heteroatoms. The number of nitrogens with one attached hydrogen (secondary N) is 1. The Bertz CT molecular complexity index is 532. The number of halogens is 2. The topological polar surface area (TPSA) is 92.4 Å². The maximum atomic E-state index is 12.8. The molecule has 0 aliphatic carbocycles. The highest BCUT2D eigenvalue weighted by Crippen LogP contribution is 2.19. The Balaban J connectivity index is 2.97. The first-order valence-electron chi connectivity index (χ1n) is 5.02. The van der Waals surface area contributed by atoms with Gasteiger partial charge in [-0.3, -0.25) is 0 Å². The lowest BCUT2D eigenvalue weighted by Gasteiger charge is -2.15. The van der Waals surface area contributed by atoms with Crippen LogP contribution in [0.2, 0.25) is 0 Å². The number of nitrogen functional groups attached to an aromatic ring is 1. The monoisotopic (exact) mass is 280 g/mol. The third kappa shape index (κ3) is 3.62. The van der Waals surface area contributed by atoms with Gasteiger partial charge in [0.1, 0.15) is 6.61 Å². The first-order chi connectivity index (χ1) is 8.18. The van der Waals surface area contributed by atoms with Gasteiger partial charge in [0.25, 0.3) is 5.92 Å². The normalized spacial score (nSPS) is 12.7. The smallest absolute Gasteiger partial charge is 0.283 e. The van der Waals surface area contributed by atoms with Crippen LogP contribution in [0.4, 0.5) is 14.5 Å². The van der Waals surface area contributed by atoms with Gasteiger partial charge in [0.2, 0.25) is 10.0 Å². The molecule has 0 amide bonds. The van der Waals surface area contributed by atoms with Crippen LogP contribution in [0, 0.1) is 6.92 Å². The number of alkyl halides is 2. The van der Waals surface area contributed by atoms with E-state index in [1.165, 1.54) is 25.1 Å². The Morgan fingerprint density at radius 2 is 2.06 bits per heavy atom. The van der Waals surface area contributed by atoms with Gasteiger partial charge in [-0.1, -0.05) is 6.07 Å². The highest BCUT2D eigenvalue weighted by Gasteiger charge is 2.30. The second kappa shape index (κ2) is 5.17. The van der Waals surface area contributed by atoms with Crippen LogP contribution in [0.25, 0.3) is 0 Å². The number of nitrogens with two attached hydrogens (primary N) is 1. The minimum Gasteiger partial charge on any atom is -0.399 e. The highest BCUT2D eigenvalue weighted by atomic mass is 32.2. The van der Waals surface area contributed by atoms with Crippen molar-refractivity contribution in [3.05, 3.63) is 23.8 Å². The average molecular weight is 280 g/mol. The Hall–Kier alpha value is -1.25. The highest BCUT2D eigenvalue weighted by molar-refractivity contribution is 7.89. The Kier molecular flexibility index (Phi) is 4.25. The number of anilines is 1. The molecule has 0 fully saturated rings. The Morgan fingerprint density at radius 3 is 2.61 bits per heavy atom. The van der Waals surface area contributed by atoms with Crippen molar-refractivity contribution < 1.29 is 22.3 Å². The minimum absolute atomic E-state index is 0.156. The summed E-state index contributed by atoms with van der Waals surface area (Å²) >= 11 is 0. The second-order valence-corrected chi connectivity index (χ2v) is 5.60. The average Bonchev–Trinajstić information content (AvgIpc) is 2.30. The van der Waals surface area contributed by atoms with E-state index in [-0.39, 0.29) is 10.6 Å². The van der Waals surface area contributed by atoms with Gasteiger partial charge in [-0.25, -0.2) is 21.9 Å². The van der Waals surface area contributed by atoms with Crippen LogP contribution < -0.4 is 10.5 Å². The fraction of sp³-hybridized carbons (Fsp3) is 0.400. The van der Waals surface area contributed by atoms with E-state index in [1.54, 1.807) is 4.72 Å². The van der Waals surface area contributed by atoms with E-state index in [1.807, 2.05) is 0 Å². The summed E-state index contributed by atoms with van der Waals surface area (Å²) in [5.41, 5.74) is 6.06. The van der Waals surface area contributed by atoms with Crippen molar-refractivity contribution in [1.82, 2.24) is 4.72 Å². The molecule has 0 unspecified atom stereocenters. The van der Waals surface area contributed by atoms with Gasteiger partial charge in [-0.05, 0) is 24.6 Å². The molecule has 0 spiro atoms. The van der Waals surface area contributed by atoms with Gasteiger partial charge >= 0.3 is 0 Å². The Morgan fingerprint density at radius 1 is 1.44 bits per heavy atom. The second-order valence-electron chi connectivity index (χ2n) is 3.86. The van der Waals surface area contributed by atoms with Gasteiger partial charge in [0.15, 0.2) is 0 Å². The Labute approximate surface area is 104 Å². The number of aliphatic hydroxyl groups is 1. The van der Waals surface area contributed by atoms with Gasteiger partial charge < -0.3 is 10.8 Å². The molecule has 0 aromatic heterocycles. The van der Waals surface area contributed by atoms with E-state index in [0.717, 1.165) is 0 Å². The van der Waals surface area contributed by atoms with Crippen molar-refractivity contribution in [2.75, 3.05) is 18.9 Å². The molecule has 0 atom stereocenters. The zero-order valence-electron chi connectivity index (χ0n) is 9.65. The van der Waals surface area contributed by atoms with Crippen LogP contribution in [-0.2, 0) is 10.0 Å². The first kappa shape index (κ1) is 14.8. The van der Waals surface area contributed by atoms with Crippen molar-refractivity contribution in [3.8, 4) is 0 Å². The molecule has 1 rings (SSSR count). The van der Waals surface area contributed by atoms with Gasteiger partial charge in [-0.2, -0.15) is 0 Å². The molecule has 1 aromatic rings. The van der Waals surface area contributed by atoms with Crippen LogP contribution in [0.3, 0.4) is 0 Å². The number of hydrogen-bond acceptors (Lipinski definition) is 4. The lowest BCUT2D eigenvalue weighted by molar-refractivity contribution is -0.0437. The lowest BCUT2D eigenvalue weighted by atomic mass is 10.2. The van der Waals surface area contributed by atoms with E-state index >= 15 is 0 Å². The lowest BCUT2D eigenvalue weighted by Crippen LogP contribution is -2.39. The summed E-state index contributed by atoms with van der Waals surface area (Å²) in [6, 6.07) is 4.18. The summed E-state index contributed by atoms with van der Waals surface area (Å²) in [6.45, 7) is -1.07. The predicted octanol–water partition coefficient (Wildman–Crippen LogP) is 0.483. The first-order valence-corrected chi connectivity index (χ1v) is 6.51. The molecule has 0 aliphatic rings. The van der Waals surface area contributed by atoms with Crippen LogP contribution in [0.1, 0.15) is 5.56 Å². The molecule has 18 heavy (non-hydrogen) atoms. The molecule has 0 bridgehead atoms. The molecule has 0 heterocycles. The molecular weight excluding hydrogens is 266 g/mol. The van der Waals surface area contributed by atoms with Crippen LogP contribution in [-0.4, -0.2) is 32.6 Å². The number of hydrogen-bond donors (Lipinski definition) is 3. The van der Waals surface area contributed by atoms with Crippen LogP contribution in [0.5, 0.6) is 0 Å². The predicted molar refractivity (Wildman–Crippen MR) is 62.8 cm³/mol. The maximum absolute atomic E-state index is 12.8. The summed E-state index contributed by atoms with van der Waals surface area (Å²) in [5, 5.41) is 8.36. The van der Waals surface area contributed by atoms with E-state index in [2.05, 4.69) is 0 Å². The fourth-order valence-electron chi connectivity index (χ4n) is 1.24. The molecule has 5 nitrogen and oxygen atoms in total. The summed E-state index contributed by atoms with van der Waals surface area (Å²) in [4.78, 5) is -0.156. The van der Waals surface area contributed by atoms with Crippen molar-refractivity contribution >= 4 is 15.7 Å². The van der Waals surface area contributed by atoms with Crippen molar-refractivity contribution in [2.24, 2.45) is 0 Å². The molecule has 4 N–H and O–H groups in total. The van der Waals surface area contributed by atoms with Crippen LogP contribution >= 0.6 is 0 Å². The number of benzene rings is 1. The third-order valence-corrected chi connectivity index (χ3v) is 3.80. The van der Waals surface area contributed by atoms with E-state index < -0.39 is 29.1 Å². The standard InChI is InChI=1S/C10H14F2N2O3S/c1-7-2-3-8(13)4-9(7)18(16,17)14-5-10(11,12)6-15/h2-4,14-15H,5-6,13H2,1H3. The van der Waals surface area contributed by atoms with Crippen molar-refractivity contribution in [1.29, 1.82) is 0 Å². The molecule has 0 saturated heterocycles. The summed E-state index contributed by atoms with van der Waals surface area (Å²) < 4.78 is 50.9. The van der Waals surface area contributed by atoms with Crippen molar-refractivity contribution in [2.45, 2.75) is 17.7 Å².